The van der Waals surface area contributed by atoms with Crippen molar-refractivity contribution in [3.63, 3.8) is 0 Å². The first-order chi connectivity index (χ1) is 9.03. The molecule has 1 N–H and O–H groups in total. The number of carbonyl (C=O) groups is 1. The van der Waals surface area contributed by atoms with Crippen molar-refractivity contribution < 1.29 is 4.79 Å². The van der Waals surface area contributed by atoms with Crippen LogP contribution in [0.4, 0.5) is 0 Å². The van der Waals surface area contributed by atoms with Gasteiger partial charge in [-0.25, -0.2) is 0 Å². The summed E-state index contributed by atoms with van der Waals surface area (Å²) in [5, 5.41) is 5.41. The number of piperidine rings is 1. The third kappa shape index (κ3) is 3.37. The maximum atomic E-state index is 12.9. The first kappa shape index (κ1) is 14.5. The molecule has 1 aromatic rings. The van der Waals surface area contributed by atoms with Crippen molar-refractivity contribution in [1.29, 1.82) is 0 Å². The lowest BCUT2D eigenvalue weighted by atomic mass is 9.79. The van der Waals surface area contributed by atoms with E-state index < -0.39 is 0 Å². The molecule has 0 aromatic carbocycles. The topological polar surface area (TPSA) is 32.3 Å². The highest BCUT2D eigenvalue weighted by molar-refractivity contribution is 7.09. The van der Waals surface area contributed by atoms with E-state index in [-0.39, 0.29) is 11.5 Å². The molecule has 19 heavy (non-hydrogen) atoms. The fourth-order valence-electron chi connectivity index (χ4n) is 2.60. The molecule has 106 valence electrons. The molecular weight excluding hydrogens is 256 g/mol. The maximum Gasteiger partial charge on any atom is 0.229 e. The predicted octanol–water partition coefficient (Wildman–Crippen LogP) is 2.87. The van der Waals surface area contributed by atoms with Crippen molar-refractivity contribution in [3.05, 3.63) is 22.4 Å². The van der Waals surface area contributed by atoms with Gasteiger partial charge in [0, 0.05) is 16.3 Å². The molecule has 0 unspecified atom stereocenters. The first-order valence-corrected chi connectivity index (χ1v) is 7.95. The molecule has 0 atom stereocenters. The first-order valence-electron chi connectivity index (χ1n) is 7.07. The summed E-state index contributed by atoms with van der Waals surface area (Å²) in [4.78, 5) is 16.2. The monoisotopic (exact) mass is 280 g/mol. The Morgan fingerprint density at radius 1 is 1.47 bits per heavy atom. The fraction of sp³-hybridized carbons (Fsp3) is 0.667. The van der Waals surface area contributed by atoms with Gasteiger partial charge in [0.25, 0.3) is 0 Å². The summed E-state index contributed by atoms with van der Waals surface area (Å²) in [5.41, 5.74) is -0.188. The van der Waals surface area contributed by atoms with Gasteiger partial charge in [-0.2, -0.15) is 0 Å². The molecule has 3 nitrogen and oxygen atoms in total. The minimum absolute atomic E-state index is 0.188. The highest BCUT2D eigenvalue weighted by Gasteiger charge is 2.38. The van der Waals surface area contributed by atoms with E-state index >= 15 is 0 Å². The Morgan fingerprint density at radius 3 is 2.68 bits per heavy atom. The summed E-state index contributed by atoms with van der Waals surface area (Å²) in [6.07, 6.45) is 1.89. The van der Waals surface area contributed by atoms with Crippen LogP contribution in [0.3, 0.4) is 0 Å². The number of amides is 1. The molecule has 0 saturated carbocycles. The number of nitrogens with one attached hydrogen (secondary N) is 1. The average molecular weight is 280 g/mol. The highest BCUT2D eigenvalue weighted by Crippen LogP contribution is 2.32. The predicted molar refractivity (Wildman–Crippen MR) is 80.2 cm³/mol. The van der Waals surface area contributed by atoms with E-state index in [9.17, 15) is 4.79 Å². The van der Waals surface area contributed by atoms with Gasteiger partial charge < -0.3 is 10.2 Å². The Morgan fingerprint density at radius 2 is 2.16 bits per heavy atom. The van der Waals surface area contributed by atoms with E-state index in [2.05, 4.69) is 43.6 Å². The molecule has 1 saturated heterocycles. The van der Waals surface area contributed by atoms with Gasteiger partial charge in [0.2, 0.25) is 5.91 Å². The molecular formula is C15H24N2OS. The van der Waals surface area contributed by atoms with Crippen LogP contribution in [0.1, 0.15) is 38.5 Å². The van der Waals surface area contributed by atoms with Crippen LogP contribution in [0.25, 0.3) is 0 Å². The molecule has 0 spiro atoms. The van der Waals surface area contributed by atoms with Crippen molar-refractivity contribution in [3.8, 4) is 0 Å². The Labute approximate surface area is 120 Å². The Kier molecular flexibility index (Phi) is 4.63. The number of carbonyl (C=O) groups excluding carboxylic acids is 1. The normalized spacial score (nSPS) is 18.5. The molecule has 0 bridgehead atoms. The van der Waals surface area contributed by atoms with E-state index in [4.69, 9.17) is 0 Å². The summed E-state index contributed by atoms with van der Waals surface area (Å²) in [6, 6.07) is 4.41. The van der Waals surface area contributed by atoms with Gasteiger partial charge in [0.1, 0.15) is 0 Å². The van der Waals surface area contributed by atoms with E-state index in [0.717, 1.165) is 32.5 Å². The van der Waals surface area contributed by atoms with Gasteiger partial charge in [0.05, 0.1) is 6.54 Å². The second-order valence-electron chi connectivity index (χ2n) is 5.92. The van der Waals surface area contributed by atoms with E-state index in [1.54, 1.807) is 11.3 Å². The van der Waals surface area contributed by atoms with Crippen LogP contribution in [0, 0.1) is 5.41 Å². The third-order valence-corrected chi connectivity index (χ3v) is 4.88. The van der Waals surface area contributed by atoms with Crippen LogP contribution < -0.4 is 5.32 Å². The van der Waals surface area contributed by atoms with Crippen molar-refractivity contribution >= 4 is 17.2 Å². The lowest BCUT2D eigenvalue weighted by molar-refractivity contribution is -0.145. The number of thiophene rings is 1. The van der Waals surface area contributed by atoms with Crippen molar-refractivity contribution in [1.82, 2.24) is 10.2 Å². The van der Waals surface area contributed by atoms with Crippen molar-refractivity contribution in [2.45, 2.75) is 46.2 Å². The Balaban J connectivity index is 2.11. The summed E-state index contributed by atoms with van der Waals surface area (Å²) in [7, 11) is 0. The van der Waals surface area contributed by atoms with E-state index in [1.807, 2.05) is 4.90 Å². The molecule has 1 fully saturated rings. The van der Waals surface area contributed by atoms with Gasteiger partial charge in [-0.1, -0.05) is 13.0 Å². The van der Waals surface area contributed by atoms with Crippen LogP contribution in [0.2, 0.25) is 0 Å². The molecule has 2 heterocycles. The summed E-state index contributed by atoms with van der Waals surface area (Å²) < 4.78 is 0. The van der Waals surface area contributed by atoms with Gasteiger partial charge in [-0.15, -0.1) is 11.3 Å². The van der Waals surface area contributed by atoms with Crippen LogP contribution in [-0.2, 0) is 11.3 Å². The van der Waals surface area contributed by atoms with Crippen molar-refractivity contribution in [2.75, 3.05) is 13.1 Å². The largest absolute Gasteiger partial charge is 0.335 e. The van der Waals surface area contributed by atoms with Gasteiger partial charge in [-0.3, -0.25) is 4.79 Å². The smallest absolute Gasteiger partial charge is 0.229 e. The number of nitrogens with zero attached hydrogens (tertiary/aromatic N) is 1. The lowest BCUT2D eigenvalue weighted by Crippen LogP contribution is -2.49. The molecule has 4 heteroatoms. The summed E-state index contributed by atoms with van der Waals surface area (Å²) in [5.74, 6) is 0.317. The Bertz CT molecular complexity index is 408. The zero-order chi connectivity index (χ0) is 13.9. The number of hydrogen-bond acceptors (Lipinski definition) is 3. The molecule has 1 amide bonds. The summed E-state index contributed by atoms with van der Waals surface area (Å²) in [6.45, 7) is 8.99. The van der Waals surface area contributed by atoms with Gasteiger partial charge in [0.15, 0.2) is 0 Å². The molecule has 0 aliphatic carbocycles. The lowest BCUT2D eigenvalue weighted by Gasteiger charge is -2.39. The van der Waals surface area contributed by atoms with Gasteiger partial charge in [-0.05, 0) is 51.2 Å². The zero-order valence-corrected chi connectivity index (χ0v) is 12.9. The maximum absolute atomic E-state index is 12.9. The SMILES string of the molecule is CC(C)N(Cc1cccs1)C(=O)C1(C)CCNCC1. The second kappa shape index (κ2) is 6.06. The molecule has 0 radical (unpaired) electrons. The average Bonchev–Trinajstić information content (AvgIpc) is 2.88. The van der Waals surface area contributed by atoms with E-state index in [1.165, 1.54) is 4.88 Å². The van der Waals surface area contributed by atoms with Crippen LogP contribution in [-0.4, -0.2) is 29.9 Å². The van der Waals surface area contributed by atoms with Crippen LogP contribution in [0.15, 0.2) is 17.5 Å². The fourth-order valence-corrected chi connectivity index (χ4v) is 3.30. The minimum atomic E-state index is -0.188. The standard InChI is InChI=1S/C15H24N2OS/c1-12(2)17(11-13-5-4-10-19-13)14(18)15(3)6-8-16-9-7-15/h4-5,10,12,16H,6-9,11H2,1-3H3. The van der Waals surface area contributed by atoms with E-state index in [0.29, 0.717) is 5.91 Å². The quantitative estimate of drug-likeness (QED) is 0.920. The summed E-state index contributed by atoms with van der Waals surface area (Å²) >= 11 is 1.73. The molecule has 2 rings (SSSR count). The highest BCUT2D eigenvalue weighted by atomic mass is 32.1. The second-order valence-corrected chi connectivity index (χ2v) is 6.95. The molecule has 1 aliphatic rings. The van der Waals surface area contributed by atoms with Gasteiger partial charge >= 0.3 is 0 Å². The molecule has 1 aliphatic heterocycles. The third-order valence-electron chi connectivity index (χ3n) is 4.01. The molecule has 1 aromatic heterocycles. The zero-order valence-electron chi connectivity index (χ0n) is 12.1. The number of hydrogen-bond donors (Lipinski definition) is 1. The number of rotatable bonds is 4. The van der Waals surface area contributed by atoms with Crippen LogP contribution in [0.5, 0.6) is 0 Å². The van der Waals surface area contributed by atoms with Crippen LogP contribution >= 0.6 is 11.3 Å². The minimum Gasteiger partial charge on any atom is -0.335 e. The Hall–Kier alpha value is -0.870. The van der Waals surface area contributed by atoms with Crippen molar-refractivity contribution in [2.24, 2.45) is 5.41 Å².